The second-order valence-electron chi connectivity index (χ2n) is 5.64. The van der Waals surface area contributed by atoms with Gasteiger partial charge in [-0.1, -0.05) is 13.8 Å². The van der Waals surface area contributed by atoms with E-state index in [0.29, 0.717) is 5.92 Å². The molecule has 20 heavy (non-hydrogen) atoms. The smallest absolute Gasteiger partial charge is 0.289 e. The van der Waals surface area contributed by atoms with E-state index in [1.54, 1.807) is 12.1 Å². The predicted octanol–water partition coefficient (Wildman–Crippen LogP) is 3.34. The van der Waals surface area contributed by atoms with Crippen LogP contribution in [0.1, 0.15) is 32.3 Å². The number of nitrogens with zero attached hydrogens (tertiary/aromatic N) is 3. The Morgan fingerprint density at radius 3 is 2.55 bits per heavy atom. The number of benzene rings is 1. The van der Waals surface area contributed by atoms with E-state index < -0.39 is 4.92 Å². The Balaban J connectivity index is 2.17. The summed E-state index contributed by atoms with van der Waals surface area (Å²) in [6, 6.07) is 6.74. The second kappa shape index (κ2) is 5.91. The van der Waals surface area contributed by atoms with E-state index in [4.69, 9.17) is 5.26 Å². The van der Waals surface area contributed by atoms with Crippen molar-refractivity contribution in [3.05, 3.63) is 33.9 Å². The third-order valence-corrected chi connectivity index (χ3v) is 4.15. The zero-order valence-corrected chi connectivity index (χ0v) is 11.9. The maximum atomic E-state index is 11.0. The van der Waals surface area contributed by atoms with Crippen LogP contribution in [0.3, 0.4) is 0 Å². The highest BCUT2D eigenvalue weighted by Crippen LogP contribution is 2.30. The molecule has 0 radical (unpaired) electrons. The van der Waals surface area contributed by atoms with Crippen molar-refractivity contribution in [1.29, 1.82) is 5.26 Å². The number of piperidine rings is 1. The molecule has 0 aromatic heterocycles. The Morgan fingerprint density at radius 1 is 1.40 bits per heavy atom. The summed E-state index contributed by atoms with van der Waals surface area (Å²) in [6.45, 7) is 6.33. The number of hydrogen-bond acceptors (Lipinski definition) is 4. The molecule has 1 heterocycles. The minimum Gasteiger partial charge on any atom is -0.371 e. The minimum atomic E-state index is -0.483. The highest BCUT2D eigenvalue weighted by atomic mass is 16.6. The molecular formula is C15H19N3O2. The van der Waals surface area contributed by atoms with Crippen molar-refractivity contribution in [3.63, 3.8) is 0 Å². The zero-order chi connectivity index (χ0) is 14.7. The first-order chi connectivity index (χ1) is 9.52. The average molecular weight is 273 g/mol. The van der Waals surface area contributed by atoms with Crippen molar-refractivity contribution in [1.82, 2.24) is 0 Å². The van der Waals surface area contributed by atoms with Gasteiger partial charge >= 0.3 is 0 Å². The van der Waals surface area contributed by atoms with Crippen molar-refractivity contribution in [2.45, 2.75) is 26.7 Å². The van der Waals surface area contributed by atoms with Crippen LogP contribution in [0.4, 0.5) is 11.4 Å². The van der Waals surface area contributed by atoms with Crippen molar-refractivity contribution in [3.8, 4) is 6.07 Å². The largest absolute Gasteiger partial charge is 0.371 e. The van der Waals surface area contributed by atoms with Crippen LogP contribution in [0.5, 0.6) is 0 Å². The Kier molecular flexibility index (Phi) is 4.23. The normalized spacial score (nSPS) is 16.2. The third-order valence-electron chi connectivity index (χ3n) is 4.15. The van der Waals surface area contributed by atoms with Gasteiger partial charge in [-0.2, -0.15) is 5.26 Å². The lowest BCUT2D eigenvalue weighted by Gasteiger charge is -2.35. The Hall–Kier alpha value is -2.09. The van der Waals surface area contributed by atoms with Crippen LogP contribution in [-0.4, -0.2) is 18.0 Å². The molecule has 0 atom stereocenters. The molecule has 5 heteroatoms. The van der Waals surface area contributed by atoms with Gasteiger partial charge in [-0.15, -0.1) is 0 Å². The molecule has 1 aliphatic rings. The van der Waals surface area contributed by atoms with Crippen LogP contribution in [-0.2, 0) is 0 Å². The molecule has 1 saturated heterocycles. The van der Waals surface area contributed by atoms with Gasteiger partial charge in [0.25, 0.3) is 5.69 Å². The quantitative estimate of drug-likeness (QED) is 0.625. The maximum absolute atomic E-state index is 11.0. The highest BCUT2D eigenvalue weighted by molar-refractivity contribution is 5.60. The number of nitriles is 1. The molecule has 2 rings (SSSR count). The highest BCUT2D eigenvalue weighted by Gasteiger charge is 2.23. The van der Waals surface area contributed by atoms with Crippen molar-refractivity contribution < 1.29 is 4.92 Å². The summed E-state index contributed by atoms with van der Waals surface area (Å²) >= 11 is 0. The van der Waals surface area contributed by atoms with Crippen LogP contribution in [0, 0.1) is 33.3 Å². The van der Waals surface area contributed by atoms with Gasteiger partial charge in [-0.3, -0.25) is 10.1 Å². The zero-order valence-electron chi connectivity index (χ0n) is 11.9. The van der Waals surface area contributed by atoms with Crippen LogP contribution in [0.2, 0.25) is 0 Å². The Labute approximate surface area is 119 Å². The SMILES string of the molecule is CC(C)C1CCN(c2ccc(C#N)c([N+](=O)[O-])c2)CC1. The summed E-state index contributed by atoms with van der Waals surface area (Å²) in [5, 5.41) is 19.9. The second-order valence-corrected chi connectivity index (χ2v) is 5.64. The van der Waals surface area contributed by atoms with Crippen LogP contribution >= 0.6 is 0 Å². The van der Waals surface area contributed by atoms with Gasteiger partial charge in [0.15, 0.2) is 0 Å². The molecule has 1 aromatic carbocycles. The van der Waals surface area contributed by atoms with E-state index >= 15 is 0 Å². The van der Waals surface area contributed by atoms with Gasteiger partial charge in [0, 0.05) is 24.8 Å². The lowest BCUT2D eigenvalue weighted by atomic mass is 9.86. The van der Waals surface area contributed by atoms with Crippen LogP contribution in [0.25, 0.3) is 0 Å². The van der Waals surface area contributed by atoms with E-state index in [9.17, 15) is 10.1 Å². The molecule has 1 aliphatic heterocycles. The summed E-state index contributed by atoms with van der Waals surface area (Å²) in [6.07, 6.45) is 2.23. The van der Waals surface area contributed by atoms with E-state index in [2.05, 4.69) is 18.7 Å². The summed E-state index contributed by atoms with van der Waals surface area (Å²) < 4.78 is 0. The Bertz CT molecular complexity index is 541. The Morgan fingerprint density at radius 2 is 2.05 bits per heavy atom. The molecule has 106 valence electrons. The fraction of sp³-hybridized carbons (Fsp3) is 0.533. The fourth-order valence-electron chi connectivity index (χ4n) is 2.79. The molecule has 1 aromatic rings. The summed E-state index contributed by atoms with van der Waals surface area (Å²) in [4.78, 5) is 12.7. The summed E-state index contributed by atoms with van der Waals surface area (Å²) in [5.41, 5.74) is 0.865. The van der Waals surface area contributed by atoms with E-state index in [1.807, 2.05) is 6.07 Å². The molecule has 0 unspecified atom stereocenters. The molecular weight excluding hydrogens is 254 g/mol. The lowest BCUT2D eigenvalue weighted by Crippen LogP contribution is -2.35. The van der Waals surface area contributed by atoms with Gasteiger partial charge in [-0.05, 0) is 36.8 Å². The first kappa shape index (κ1) is 14.3. The third kappa shape index (κ3) is 2.90. The van der Waals surface area contributed by atoms with Gasteiger partial charge in [0.2, 0.25) is 0 Å². The van der Waals surface area contributed by atoms with E-state index in [-0.39, 0.29) is 11.3 Å². The molecule has 0 bridgehead atoms. The first-order valence-electron chi connectivity index (χ1n) is 6.96. The molecule has 0 amide bonds. The van der Waals surface area contributed by atoms with Crippen molar-refractivity contribution in [2.24, 2.45) is 11.8 Å². The van der Waals surface area contributed by atoms with Gasteiger partial charge in [-0.25, -0.2) is 0 Å². The molecule has 0 aliphatic carbocycles. The van der Waals surface area contributed by atoms with Crippen molar-refractivity contribution in [2.75, 3.05) is 18.0 Å². The van der Waals surface area contributed by atoms with E-state index in [0.717, 1.165) is 37.5 Å². The van der Waals surface area contributed by atoms with Crippen LogP contribution < -0.4 is 4.90 Å². The van der Waals surface area contributed by atoms with Crippen molar-refractivity contribution >= 4 is 11.4 Å². The monoisotopic (exact) mass is 273 g/mol. The molecule has 1 fully saturated rings. The van der Waals surface area contributed by atoms with Gasteiger partial charge < -0.3 is 4.90 Å². The molecule has 0 N–H and O–H groups in total. The van der Waals surface area contributed by atoms with Gasteiger partial charge in [0.05, 0.1) is 4.92 Å². The number of nitro benzene ring substituents is 1. The average Bonchev–Trinajstić information content (AvgIpc) is 2.46. The minimum absolute atomic E-state index is 0.101. The molecule has 0 saturated carbocycles. The number of rotatable bonds is 3. The van der Waals surface area contributed by atoms with Crippen LogP contribution in [0.15, 0.2) is 18.2 Å². The molecule has 5 nitrogen and oxygen atoms in total. The maximum Gasteiger partial charge on any atom is 0.289 e. The predicted molar refractivity (Wildman–Crippen MR) is 77.6 cm³/mol. The van der Waals surface area contributed by atoms with Gasteiger partial charge in [0.1, 0.15) is 11.6 Å². The number of nitro groups is 1. The standard InChI is InChI=1S/C15H19N3O2/c1-11(2)12-5-7-17(8-6-12)14-4-3-13(10-16)15(9-14)18(19)20/h3-4,9,11-12H,5-8H2,1-2H3. The first-order valence-corrected chi connectivity index (χ1v) is 6.96. The summed E-state index contributed by atoms with van der Waals surface area (Å²) in [5.74, 6) is 1.42. The van der Waals surface area contributed by atoms with E-state index in [1.165, 1.54) is 6.07 Å². The molecule has 0 spiro atoms. The fourth-order valence-corrected chi connectivity index (χ4v) is 2.79. The lowest BCUT2D eigenvalue weighted by molar-refractivity contribution is -0.385. The topological polar surface area (TPSA) is 70.2 Å². The number of hydrogen-bond donors (Lipinski definition) is 0. The number of anilines is 1. The summed E-state index contributed by atoms with van der Waals surface area (Å²) in [7, 11) is 0.